The molecule has 2 aromatic carbocycles. The van der Waals surface area contributed by atoms with Crippen molar-refractivity contribution in [1.29, 1.82) is 0 Å². The molecule has 0 aliphatic rings. The monoisotopic (exact) mass is 567 g/mol. The fourth-order valence-corrected chi connectivity index (χ4v) is 6.04. The zero-order chi connectivity index (χ0) is 28.9. The molecule has 0 atom stereocenters. The summed E-state index contributed by atoms with van der Waals surface area (Å²) in [6.45, 7) is 15.1. The number of benzene rings is 2. The molecule has 0 bridgehead atoms. The van der Waals surface area contributed by atoms with E-state index in [2.05, 4.69) is 48.9 Å². The van der Waals surface area contributed by atoms with Gasteiger partial charge in [-0.1, -0.05) is 63.2 Å². The summed E-state index contributed by atoms with van der Waals surface area (Å²) in [4.78, 5) is 17.3. The Bertz CT molecular complexity index is 1380. The molecule has 0 saturated carbocycles. The van der Waals surface area contributed by atoms with Gasteiger partial charge in [0.2, 0.25) is 10.0 Å². The van der Waals surface area contributed by atoms with Crippen LogP contribution in [0.4, 0.5) is 5.69 Å². The summed E-state index contributed by atoms with van der Waals surface area (Å²) in [7, 11) is -5.57. The van der Waals surface area contributed by atoms with E-state index in [4.69, 9.17) is 4.43 Å². The average molecular weight is 568 g/mol. The molecule has 2 N–H and O–H groups in total. The maximum Gasteiger partial charge on any atom is 0.251 e. The van der Waals surface area contributed by atoms with Crippen LogP contribution in [0.15, 0.2) is 73.1 Å². The molecule has 1 heterocycles. The highest BCUT2D eigenvalue weighted by Crippen LogP contribution is 2.36. The molecule has 210 valence electrons. The van der Waals surface area contributed by atoms with E-state index in [-0.39, 0.29) is 16.7 Å². The lowest BCUT2D eigenvalue weighted by Crippen LogP contribution is -2.41. The zero-order valence-corrected chi connectivity index (χ0v) is 25.9. The standard InChI is InChI=1S/C30H41N3O4SSi/c1-29(2,3)39(6,7)37-19-12-20-38(35,36)33-27-22-31-18-17-26(27)23-13-11-14-24(21-23)28(34)32-30(4,5)25-15-9-8-10-16-25/h8-11,13-18,21-22,33H,12,19-20H2,1-7H3,(H,32,34). The first kappa shape index (κ1) is 30.5. The highest BCUT2D eigenvalue weighted by molar-refractivity contribution is 7.92. The number of carbonyl (C=O) groups is 1. The van der Waals surface area contributed by atoms with Crippen molar-refractivity contribution in [3.8, 4) is 11.1 Å². The van der Waals surface area contributed by atoms with Gasteiger partial charge in [-0.15, -0.1) is 0 Å². The van der Waals surface area contributed by atoms with Crippen LogP contribution in [0, 0.1) is 0 Å². The van der Waals surface area contributed by atoms with Crippen LogP contribution >= 0.6 is 0 Å². The van der Waals surface area contributed by atoms with Crippen LogP contribution in [0.1, 0.15) is 57.0 Å². The van der Waals surface area contributed by atoms with Crippen molar-refractivity contribution in [3.05, 3.63) is 84.2 Å². The Morgan fingerprint density at radius 2 is 1.67 bits per heavy atom. The Hall–Kier alpha value is -3.01. The van der Waals surface area contributed by atoms with Crippen molar-refractivity contribution in [2.45, 2.75) is 64.7 Å². The normalized spacial score (nSPS) is 12.7. The van der Waals surface area contributed by atoms with Gasteiger partial charge in [-0.2, -0.15) is 0 Å². The minimum Gasteiger partial charge on any atom is -0.417 e. The van der Waals surface area contributed by atoms with E-state index in [1.54, 1.807) is 30.5 Å². The van der Waals surface area contributed by atoms with E-state index in [1.807, 2.05) is 50.2 Å². The second kappa shape index (κ2) is 12.0. The topological polar surface area (TPSA) is 97.4 Å². The van der Waals surface area contributed by atoms with Gasteiger partial charge in [-0.05, 0) is 67.7 Å². The van der Waals surface area contributed by atoms with Crippen LogP contribution in [0.25, 0.3) is 11.1 Å². The van der Waals surface area contributed by atoms with Crippen molar-refractivity contribution in [2.75, 3.05) is 17.1 Å². The van der Waals surface area contributed by atoms with Gasteiger partial charge in [0.25, 0.3) is 5.91 Å². The Labute approximate surface area is 234 Å². The largest absolute Gasteiger partial charge is 0.417 e. The summed E-state index contributed by atoms with van der Waals surface area (Å²) in [5, 5.41) is 3.16. The number of aromatic nitrogens is 1. The number of anilines is 1. The number of pyridine rings is 1. The van der Waals surface area contributed by atoms with Gasteiger partial charge in [0.1, 0.15) is 0 Å². The second-order valence-electron chi connectivity index (χ2n) is 11.8. The number of hydrogen-bond donors (Lipinski definition) is 2. The van der Waals surface area contributed by atoms with Crippen molar-refractivity contribution in [2.24, 2.45) is 0 Å². The highest BCUT2D eigenvalue weighted by atomic mass is 32.2. The lowest BCUT2D eigenvalue weighted by Gasteiger charge is -2.36. The molecule has 9 heteroatoms. The van der Waals surface area contributed by atoms with Crippen molar-refractivity contribution in [3.63, 3.8) is 0 Å². The predicted octanol–water partition coefficient (Wildman–Crippen LogP) is 6.57. The van der Waals surface area contributed by atoms with E-state index in [0.29, 0.717) is 35.4 Å². The van der Waals surface area contributed by atoms with Gasteiger partial charge in [-0.3, -0.25) is 14.5 Å². The molecule has 7 nitrogen and oxygen atoms in total. The third-order valence-electron chi connectivity index (χ3n) is 7.27. The van der Waals surface area contributed by atoms with E-state index in [0.717, 1.165) is 5.56 Å². The Morgan fingerprint density at radius 1 is 0.974 bits per heavy atom. The van der Waals surface area contributed by atoms with E-state index in [1.165, 1.54) is 6.20 Å². The maximum atomic E-state index is 13.2. The summed E-state index contributed by atoms with van der Waals surface area (Å²) in [6, 6.07) is 18.7. The molecule has 3 rings (SSSR count). The first-order valence-corrected chi connectivity index (χ1v) is 17.7. The van der Waals surface area contributed by atoms with E-state index in [9.17, 15) is 13.2 Å². The number of sulfonamides is 1. The summed E-state index contributed by atoms with van der Waals surface area (Å²) >= 11 is 0. The van der Waals surface area contributed by atoms with Crippen molar-refractivity contribution in [1.82, 2.24) is 10.3 Å². The molecule has 0 fully saturated rings. The molecule has 0 radical (unpaired) electrons. The van der Waals surface area contributed by atoms with Crippen LogP contribution in [0.2, 0.25) is 18.1 Å². The first-order valence-electron chi connectivity index (χ1n) is 13.2. The summed E-state index contributed by atoms with van der Waals surface area (Å²) in [5.74, 6) is -0.281. The summed E-state index contributed by atoms with van der Waals surface area (Å²) < 4.78 is 34.7. The molecule has 1 amide bonds. The van der Waals surface area contributed by atoms with Gasteiger partial charge in [-0.25, -0.2) is 8.42 Å². The quantitative estimate of drug-likeness (QED) is 0.202. The third kappa shape index (κ3) is 8.24. The average Bonchev–Trinajstić information content (AvgIpc) is 2.86. The van der Waals surface area contributed by atoms with Gasteiger partial charge < -0.3 is 9.74 Å². The van der Waals surface area contributed by atoms with E-state index < -0.39 is 23.9 Å². The number of amides is 1. The number of hydrogen-bond acceptors (Lipinski definition) is 5. The van der Waals surface area contributed by atoms with Crippen LogP contribution in [-0.2, 0) is 20.0 Å². The highest BCUT2D eigenvalue weighted by Gasteiger charge is 2.37. The van der Waals surface area contributed by atoms with Gasteiger partial charge in [0, 0.05) is 23.9 Å². The number of nitrogens with zero attached hydrogens (tertiary/aromatic N) is 1. The molecule has 0 saturated heterocycles. The zero-order valence-electron chi connectivity index (χ0n) is 24.0. The Morgan fingerprint density at radius 3 is 2.33 bits per heavy atom. The lowest BCUT2D eigenvalue weighted by molar-refractivity contribution is 0.0912. The molecule has 39 heavy (non-hydrogen) atoms. The molecular weight excluding hydrogens is 527 g/mol. The first-order chi connectivity index (χ1) is 18.1. The predicted molar refractivity (Wildman–Crippen MR) is 162 cm³/mol. The van der Waals surface area contributed by atoms with Crippen LogP contribution in [-0.4, -0.2) is 40.0 Å². The summed E-state index contributed by atoms with van der Waals surface area (Å²) in [5.41, 5.74) is 2.62. The number of carbonyl (C=O) groups excluding carboxylic acids is 1. The molecule has 0 aliphatic heterocycles. The minimum absolute atomic E-state index is 0.0625. The van der Waals surface area contributed by atoms with Gasteiger partial charge in [0.15, 0.2) is 8.32 Å². The molecule has 0 spiro atoms. The van der Waals surface area contributed by atoms with Gasteiger partial charge >= 0.3 is 0 Å². The van der Waals surface area contributed by atoms with Crippen LogP contribution in [0.3, 0.4) is 0 Å². The number of nitrogens with one attached hydrogen (secondary N) is 2. The second-order valence-corrected chi connectivity index (χ2v) is 18.5. The minimum atomic E-state index is -3.63. The molecule has 0 unspecified atom stereocenters. The van der Waals surface area contributed by atoms with Gasteiger partial charge in [0.05, 0.1) is 23.2 Å². The number of rotatable bonds is 11. The Balaban J connectivity index is 1.72. The fourth-order valence-electron chi connectivity index (χ4n) is 3.85. The van der Waals surface area contributed by atoms with Crippen molar-refractivity contribution < 1.29 is 17.6 Å². The van der Waals surface area contributed by atoms with E-state index >= 15 is 0 Å². The van der Waals surface area contributed by atoms with Crippen LogP contribution in [0.5, 0.6) is 0 Å². The Kier molecular flexibility index (Phi) is 9.41. The van der Waals surface area contributed by atoms with Crippen LogP contribution < -0.4 is 10.0 Å². The molecule has 0 aliphatic carbocycles. The fraction of sp³-hybridized carbons (Fsp3) is 0.400. The maximum absolute atomic E-state index is 13.2. The summed E-state index contributed by atoms with van der Waals surface area (Å²) in [6.07, 6.45) is 3.49. The molecule has 1 aromatic heterocycles. The SMILES string of the molecule is CC(C)(NC(=O)c1cccc(-c2ccncc2NS(=O)(=O)CCCO[Si](C)(C)C(C)(C)C)c1)c1ccccc1. The van der Waals surface area contributed by atoms with Crippen molar-refractivity contribution >= 4 is 29.9 Å². The smallest absolute Gasteiger partial charge is 0.251 e. The lowest BCUT2D eigenvalue weighted by atomic mass is 9.93. The third-order valence-corrected chi connectivity index (χ3v) is 13.2. The molecule has 3 aromatic rings. The molecular formula is C30H41N3O4SSi.